The zero-order chi connectivity index (χ0) is 11.3. The van der Waals surface area contributed by atoms with E-state index in [0.29, 0.717) is 18.2 Å². The highest BCUT2D eigenvalue weighted by molar-refractivity contribution is 5.85. The first-order valence-electron chi connectivity index (χ1n) is 6.20. The van der Waals surface area contributed by atoms with Crippen LogP contribution in [0.15, 0.2) is 0 Å². The molecule has 1 aliphatic rings. The van der Waals surface area contributed by atoms with Crippen molar-refractivity contribution >= 4 is 18.3 Å². The molecular formula is C12H25ClN2O. The van der Waals surface area contributed by atoms with Crippen LogP contribution in [-0.2, 0) is 4.79 Å². The van der Waals surface area contributed by atoms with Crippen LogP contribution in [0.25, 0.3) is 0 Å². The van der Waals surface area contributed by atoms with Gasteiger partial charge >= 0.3 is 0 Å². The highest BCUT2D eigenvalue weighted by Crippen LogP contribution is 2.16. The van der Waals surface area contributed by atoms with E-state index in [1.165, 1.54) is 0 Å². The van der Waals surface area contributed by atoms with E-state index in [1.54, 1.807) is 0 Å². The van der Waals surface area contributed by atoms with Crippen molar-refractivity contribution in [3.63, 3.8) is 0 Å². The van der Waals surface area contributed by atoms with Gasteiger partial charge in [-0.3, -0.25) is 4.79 Å². The first kappa shape index (κ1) is 15.7. The molecule has 0 aliphatic carbocycles. The molecule has 0 radical (unpaired) electrons. The van der Waals surface area contributed by atoms with E-state index in [0.717, 1.165) is 38.8 Å². The third-order valence-corrected chi connectivity index (χ3v) is 3.43. The molecular weight excluding hydrogens is 224 g/mol. The normalized spacial score (nSPS) is 20.8. The largest absolute Gasteiger partial charge is 0.341 e. The van der Waals surface area contributed by atoms with Gasteiger partial charge in [-0.15, -0.1) is 12.4 Å². The monoisotopic (exact) mass is 248 g/mol. The molecule has 1 fully saturated rings. The van der Waals surface area contributed by atoms with Gasteiger partial charge < -0.3 is 10.6 Å². The summed E-state index contributed by atoms with van der Waals surface area (Å²) in [5.74, 6) is 0.856. The van der Waals surface area contributed by atoms with Crippen molar-refractivity contribution in [2.24, 2.45) is 11.7 Å². The lowest BCUT2D eigenvalue weighted by Gasteiger charge is -2.31. The number of carbonyl (C=O) groups excluding carboxylic acids is 1. The highest BCUT2D eigenvalue weighted by atomic mass is 35.5. The average molecular weight is 249 g/mol. The van der Waals surface area contributed by atoms with Crippen LogP contribution in [0.3, 0.4) is 0 Å². The molecule has 96 valence electrons. The zero-order valence-corrected chi connectivity index (χ0v) is 11.3. The summed E-state index contributed by atoms with van der Waals surface area (Å²) in [6.07, 6.45) is 5.04. The number of rotatable bonds is 4. The Hall–Kier alpha value is -0.280. The summed E-state index contributed by atoms with van der Waals surface area (Å²) in [4.78, 5) is 13.9. The minimum atomic E-state index is 0. The van der Waals surface area contributed by atoms with Gasteiger partial charge in [0.15, 0.2) is 0 Å². The second-order valence-electron chi connectivity index (χ2n) is 4.63. The van der Waals surface area contributed by atoms with Crippen molar-refractivity contribution in [1.82, 2.24) is 4.90 Å². The molecule has 0 saturated carbocycles. The maximum absolute atomic E-state index is 11.9. The van der Waals surface area contributed by atoms with Crippen LogP contribution >= 0.6 is 12.4 Å². The Bertz CT molecular complexity index is 207. The second kappa shape index (κ2) is 7.91. The fourth-order valence-electron chi connectivity index (χ4n) is 2.19. The highest BCUT2D eigenvalue weighted by Gasteiger charge is 2.22. The summed E-state index contributed by atoms with van der Waals surface area (Å²) >= 11 is 0. The number of carbonyl (C=O) groups is 1. The van der Waals surface area contributed by atoms with Crippen LogP contribution in [-0.4, -0.2) is 29.9 Å². The van der Waals surface area contributed by atoms with Crippen LogP contribution < -0.4 is 5.73 Å². The maximum Gasteiger partial charge on any atom is 0.222 e. The van der Waals surface area contributed by atoms with Crippen LogP contribution in [0.2, 0.25) is 0 Å². The van der Waals surface area contributed by atoms with Crippen molar-refractivity contribution in [2.75, 3.05) is 13.1 Å². The molecule has 1 amide bonds. The van der Waals surface area contributed by atoms with E-state index < -0.39 is 0 Å². The molecule has 4 heteroatoms. The lowest BCUT2D eigenvalue weighted by atomic mass is 9.97. The number of amides is 1. The standard InChI is InChI=1S/C12H24N2O.ClH/c1-3-10(4-2)8-12(15)14-7-5-6-11(13)9-14;/h10-11H,3-9,13H2,1-2H3;1H. The Kier molecular flexibility index (Phi) is 7.77. The van der Waals surface area contributed by atoms with E-state index in [-0.39, 0.29) is 18.4 Å². The van der Waals surface area contributed by atoms with E-state index in [1.807, 2.05) is 4.90 Å². The average Bonchev–Trinajstić information content (AvgIpc) is 2.25. The first-order valence-corrected chi connectivity index (χ1v) is 6.20. The Morgan fingerprint density at radius 3 is 2.56 bits per heavy atom. The van der Waals surface area contributed by atoms with Crippen LogP contribution in [0.1, 0.15) is 46.0 Å². The van der Waals surface area contributed by atoms with Gasteiger partial charge in [0, 0.05) is 25.6 Å². The van der Waals surface area contributed by atoms with Gasteiger partial charge in [0.1, 0.15) is 0 Å². The molecule has 3 nitrogen and oxygen atoms in total. The van der Waals surface area contributed by atoms with E-state index in [9.17, 15) is 4.79 Å². The molecule has 1 unspecified atom stereocenters. The Labute approximate surface area is 105 Å². The number of likely N-dealkylation sites (tertiary alicyclic amines) is 1. The third kappa shape index (κ3) is 4.71. The molecule has 1 saturated heterocycles. The number of halogens is 1. The number of piperidine rings is 1. The number of nitrogens with two attached hydrogens (primary N) is 1. The topological polar surface area (TPSA) is 46.3 Å². The maximum atomic E-state index is 11.9. The molecule has 2 N–H and O–H groups in total. The summed E-state index contributed by atoms with van der Waals surface area (Å²) in [5.41, 5.74) is 5.86. The minimum Gasteiger partial charge on any atom is -0.341 e. The molecule has 1 atom stereocenters. The van der Waals surface area contributed by atoms with E-state index >= 15 is 0 Å². The van der Waals surface area contributed by atoms with Crippen molar-refractivity contribution in [3.05, 3.63) is 0 Å². The second-order valence-corrected chi connectivity index (χ2v) is 4.63. The van der Waals surface area contributed by atoms with Crippen LogP contribution in [0, 0.1) is 5.92 Å². The van der Waals surface area contributed by atoms with Crippen molar-refractivity contribution in [2.45, 2.75) is 52.0 Å². The molecule has 0 aromatic rings. The van der Waals surface area contributed by atoms with Gasteiger partial charge in [0.25, 0.3) is 0 Å². The molecule has 0 aromatic carbocycles. The van der Waals surface area contributed by atoms with Gasteiger partial charge in [-0.05, 0) is 18.8 Å². The fraction of sp³-hybridized carbons (Fsp3) is 0.917. The summed E-state index contributed by atoms with van der Waals surface area (Å²) in [6, 6.07) is 0.199. The molecule has 1 rings (SSSR count). The molecule has 0 aromatic heterocycles. The molecule has 16 heavy (non-hydrogen) atoms. The first-order chi connectivity index (χ1) is 7.17. The van der Waals surface area contributed by atoms with E-state index in [2.05, 4.69) is 13.8 Å². The molecule has 0 bridgehead atoms. The third-order valence-electron chi connectivity index (χ3n) is 3.43. The smallest absolute Gasteiger partial charge is 0.222 e. The summed E-state index contributed by atoms with van der Waals surface area (Å²) in [7, 11) is 0. The molecule has 1 aliphatic heterocycles. The summed E-state index contributed by atoms with van der Waals surface area (Å²) < 4.78 is 0. The quantitative estimate of drug-likeness (QED) is 0.829. The predicted molar refractivity (Wildman–Crippen MR) is 69.7 cm³/mol. The minimum absolute atomic E-state index is 0. The summed E-state index contributed by atoms with van der Waals surface area (Å²) in [6.45, 7) is 5.98. The molecule has 0 spiro atoms. The number of nitrogens with zero attached hydrogens (tertiary/aromatic N) is 1. The number of hydrogen-bond donors (Lipinski definition) is 1. The lowest BCUT2D eigenvalue weighted by Crippen LogP contribution is -2.46. The van der Waals surface area contributed by atoms with Gasteiger partial charge in [-0.25, -0.2) is 0 Å². The van der Waals surface area contributed by atoms with Gasteiger partial charge in [0.05, 0.1) is 0 Å². The predicted octanol–water partition coefficient (Wildman–Crippen LogP) is 2.18. The Morgan fingerprint density at radius 1 is 1.44 bits per heavy atom. The molecule has 1 heterocycles. The van der Waals surface area contributed by atoms with Crippen LogP contribution in [0.5, 0.6) is 0 Å². The van der Waals surface area contributed by atoms with Crippen molar-refractivity contribution < 1.29 is 4.79 Å². The fourth-order valence-corrected chi connectivity index (χ4v) is 2.19. The zero-order valence-electron chi connectivity index (χ0n) is 10.4. The van der Waals surface area contributed by atoms with Gasteiger partial charge in [-0.2, -0.15) is 0 Å². The van der Waals surface area contributed by atoms with Crippen LogP contribution in [0.4, 0.5) is 0 Å². The Morgan fingerprint density at radius 2 is 2.06 bits per heavy atom. The van der Waals surface area contributed by atoms with Crippen molar-refractivity contribution in [1.29, 1.82) is 0 Å². The lowest BCUT2D eigenvalue weighted by molar-refractivity contribution is -0.133. The number of hydrogen-bond acceptors (Lipinski definition) is 2. The van der Waals surface area contributed by atoms with Gasteiger partial charge in [-0.1, -0.05) is 26.7 Å². The van der Waals surface area contributed by atoms with Crippen molar-refractivity contribution in [3.8, 4) is 0 Å². The Balaban J connectivity index is 0.00000225. The SMILES string of the molecule is CCC(CC)CC(=O)N1CCCC(N)C1.Cl. The van der Waals surface area contributed by atoms with E-state index in [4.69, 9.17) is 5.73 Å². The summed E-state index contributed by atoms with van der Waals surface area (Å²) in [5, 5.41) is 0. The van der Waals surface area contributed by atoms with Gasteiger partial charge in [0.2, 0.25) is 5.91 Å².